The van der Waals surface area contributed by atoms with Gasteiger partial charge in [0.1, 0.15) is 12.4 Å². The van der Waals surface area contributed by atoms with Crippen molar-refractivity contribution in [2.75, 3.05) is 6.54 Å². The van der Waals surface area contributed by atoms with Gasteiger partial charge in [0.25, 0.3) is 0 Å². The first-order chi connectivity index (χ1) is 9.19. The van der Waals surface area contributed by atoms with Crippen LogP contribution in [0.2, 0.25) is 0 Å². The molecule has 0 radical (unpaired) electrons. The van der Waals surface area contributed by atoms with E-state index in [0.29, 0.717) is 12.6 Å². The van der Waals surface area contributed by atoms with Crippen LogP contribution in [0.25, 0.3) is 0 Å². The zero-order valence-electron chi connectivity index (χ0n) is 11.8. The van der Waals surface area contributed by atoms with E-state index < -0.39 is 0 Å². The Kier molecular flexibility index (Phi) is 4.58. The smallest absolute Gasteiger partial charge is 0.132 e. The van der Waals surface area contributed by atoms with Crippen LogP contribution in [-0.4, -0.2) is 16.3 Å². The quantitative estimate of drug-likeness (QED) is 0.867. The molecule has 0 saturated carbocycles. The summed E-state index contributed by atoms with van der Waals surface area (Å²) < 4.78 is 7.55. The van der Waals surface area contributed by atoms with Crippen molar-refractivity contribution in [3.05, 3.63) is 47.8 Å². The number of benzene rings is 1. The largest absolute Gasteiger partial charge is 0.487 e. The molecule has 0 aliphatic carbocycles. The molecule has 2 aromatic rings. The topological polar surface area (TPSA) is 39.1 Å². The molecule has 4 heteroatoms. The van der Waals surface area contributed by atoms with Gasteiger partial charge in [-0.2, -0.15) is 5.10 Å². The second-order valence-electron chi connectivity index (χ2n) is 4.62. The average Bonchev–Trinajstić information content (AvgIpc) is 2.83. The average molecular weight is 259 g/mol. The van der Waals surface area contributed by atoms with E-state index in [1.54, 1.807) is 4.68 Å². The monoisotopic (exact) mass is 259 g/mol. The highest BCUT2D eigenvalue weighted by atomic mass is 16.5. The molecule has 1 aromatic heterocycles. The molecule has 0 amide bonds. The van der Waals surface area contributed by atoms with Gasteiger partial charge < -0.3 is 10.1 Å². The second-order valence-corrected chi connectivity index (χ2v) is 4.62. The minimum absolute atomic E-state index is 0.336. The van der Waals surface area contributed by atoms with Crippen molar-refractivity contribution in [1.29, 1.82) is 0 Å². The Bertz CT molecular complexity index is 522. The molecule has 0 saturated heterocycles. The SMILES string of the molecule is CCNC(C)c1cccc(OCc2ccn(C)n2)c1. The van der Waals surface area contributed by atoms with E-state index in [0.717, 1.165) is 18.0 Å². The third-order valence-corrected chi connectivity index (χ3v) is 3.02. The van der Waals surface area contributed by atoms with Crippen molar-refractivity contribution in [2.24, 2.45) is 7.05 Å². The number of nitrogens with zero attached hydrogens (tertiary/aromatic N) is 2. The summed E-state index contributed by atoms with van der Waals surface area (Å²) in [5.41, 5.74) is 2.17. The molecule has 4 nitrogen and oxygen atoms in total. The molecule has 2 rings (SSSR count). The molecule has 1 heterocycles. The Morgan fingerprint density at radius 1 is 1.37 bits per heavy atom. The van der Waals surface area contributed by atoms with Crippen LogP contribution in [0.3, 0.4) is 0 Å². The van der Waals surface area contributed by atoms with Gasteiger partial charge >= 0.3 is 0 Å². The van der Waals surface area contributed by atoms with Crippen molar-refractivity contribution < 1.29 is 4.74 Å². The third-order valence-electron chi connectivity index (χ3n) is 3.02. The molecule has 0 bridgehead atoms. The number of rotatable bonds is 6. The van der Waals surface area contributed by atoms with Crippen molar-refractivity contribution in [3.63, 3.8) is 0 Å². The molecule has 0 aliphatic heterocycles. The molecular weight excluding hydrogens is 238 g/mol. The van der Waals surface area contributed by atoms with E-state index in [-0.39, 0.29) is 0 Å². The van der Waals surface area contributed by atoms with Gasteiger partial charge in [-0.1, -0.05) is 19.1 Å². The Balaban J connectivity index is 1.98. The van der Waals surface area contributed by atoms with Crippen molar-refractivity contribution in [3.8, 4) is 5.75 Å². The molecule has 0 spiro atoms. The fourth-order valence-corrected chi connectivity index (χ4v) is 2.00. The number of ether oxygens (including phenoxy) is 1. The van der Waals surface area contributed by atoms with Crippen LogP contribution >= 0.6 is 0 Å². The molecule has 1 atom stereocenters. The highest BCUT2D eigenvalue weighted by Crippen LogP contribution is 2.19. The van der Waals surface area contributed by atoms with Crippen LogP contribution in [0.15, 0.2) is 36.5 Å². The van der Waals surface area contributed by atoms with Crippen molar-refractivity contribution >= 4 is 0 Å². The molecule has 1 N–H and O–H groups in total. The number of aryl methyl sites for hydroxylation is 1. The summed E-state index contributed by atoms with van der Waals surface area (Å²) in [6, 6.07) is 10.5. The van der Waals surface area contributed by atoms with Gasteiger partial charge in [-0.3, -0.25) is 4.68 Å². The summed E-state index contributed by atoms with van der Waals surface area (Å²) in [5, 5.41) is 7.69. The molecule has 1 aromatic carbocycles. The lowest BCUT2D eigenvalue weighted by atomic mass is 10.1. The predicted molar refractivity (Wildman–Crippen MR) is 76.1 cm³/mol. The van der Waals surface area contributed by atoms with Gasteiger partial charge in [-0.05, 0) is 37.2 Å². The first-order valence-corrected chi connectivity index (χ1v) is 6.63. The second kappa shape index (κ2) is 6.38. The summed E-state index contributed by atoms with van der Waals surface area (Å²) in [6.45, 7) is 5.72. The van der Waals surface area contributed by atoms with Gasteiger partial charge in [0.2, 0.25) is 0 Å². The fraction of sp³-hybridized carbons (Fsp3) is 0.400. The lowest BCUT2D eigenvalue weighted by Crippen LogP contribution is -2.17. The first kappa shape index (κ1) is 13.6. The summed E-state index contributed by atoms with van der Waals surface area (Å²) in [6.07, 6.45) is 1.92. The lowest BCUT2D eigenvalue weighted by Gasteiger charge is -2.14. The van der Waals surface area contributed by atoms with Gasteiger partial charge in [0.05, 0.1) is 5.69 Å². The van der Waals surface area contributed by atoms with Crippen molar-refractivity contribution in [2.45, 2.75) is 26.5 Å². The van der Waals surface area contributed by atoms with E-state index in [2.05, 4.69) is 36.4 Å². The molecule has 1 unspecified atom stereocenters. The minimum Gasteiger partial charge on any atom is -0.487 e. The van der Waals surface area contributed by atoms with E-state index in [1.165, 1.54) is 5.56 Å². The lowest BCUT2D eigenvalue weighted by molar-refractivity contribution is 0.299. The normalized spacial score (nSPS) is 12.4. The molecule has 0 fully saturated rings. The van der Waals surface area contributed by atoms with Crippen LogP contribution in [0.5, 0.6) is 5.75 Å². The van der Waals surface area contributed by atoms with Crippen LogP contribution in [0.4, 0.5) is 0 Å². The first-order valence-electron chi connectivity index (χ1n) is 6.63. The number of hydrogen-bond donors (Lipinski definition) is 1. The zero-order chi connectivity index (χ0) is 13.7. The van der Waals surface area contributed by atoms with Gasteiger partial charge in [-0.15, -0.1) is 0 Å². The standard InChI is InChI=1S/C15H21N3O/c1-4-16-12(2)13-6-5-7-15(10-13)19-11-14-8-9-18(3)17-14/h5-10,12,16H,4,11H2,1-3H3. The molecule has 19 heavy (non-hydrogen) atoms. The van der Waals surface area contributed by atoms with E-state index in [1.807, 2.05) is 31.4 Å². The van der Waals surface area contributed by atoms with Crippen LogP contribution in [0.1, 0.15) is 31.1 Å². The Morgan fingerprint density at radius 2 is 2.21 bits per heavy atom. The van der Waals surface area contributed by atoms with Gasteiger partial charge in [0.15, 0.2) is 0 Å². The minimum atomic E-state index is 0.336. The van der Waals surface area contributed by atoms with Crippen LogP contribution in [0, 0.1) is 0 Å². The Labute approximate surface area is 114 Å². The maximum atomic E-state index is 5.77. The van der Waals surface area contributed by atoms with E-state index in [9.17, 15) is 0 Å². The fourth-order valence-electron chi connectivity index (χ4n) is 2.00. The predicted octanol–water partition coefficient (Wildman–Crippen LogP) is 2.67. The third kappa shape index (κ3) is 3.83. The van der Waals surface area contributed by atoms with Crippen LogP contribution in [-0.2, 0) is 13.7 Å². The van der Waals surface area contributed by atoms with E-state index in [4.69, 9.17) is 4.74 Å². The molecular formula is C15H21N3O. The number of aromatic nitrogens is 2. The Morgan fingerprint density at radius 3 is 2.89 bits per heavy atom. The summed E-state index contributed by atoms with van der Waals surface area (Å²) in [5.74, 6) is 0.882. The maximum absolute atomic E-state index is 5.77. The molecule has 102 valence electrons. The van der Waals surface area contributed by atoms with Gasteiger partial charge in [0, 0.05) is 19.3 Å². The zero-order valence-corrected chi connectivity index (χ0v) is 11.8. The van der Waals surface area contributed by atoms with Gasteiger partial charge in [-0.25, -0.2) is 0 Å². The summed E-state index contributed by atoms with van der Waals surface area (Å²) in [7, 11) is 1.90. The van der Waals surface area contributed by atoms with Crippen LogP contribution < -0.4 is 10.1 Å². The highest BCUT2D eigenvalue weighted by Gasteiger charge is 2.05. The number of hydrogen-bond acceptors (Lipinski definition) is 3. The summed E-state index contributed by atoms with van der Waals surface area (Å²) >= 11 is 0. The molecule has 0 aliphatic rings. The summed E-state index contributed by atoms with van der Waals surface area (Å²) in [4.78, 5) is 0. The van der Waals surface area contributed by atoms with Crippen molar-refractivity contribution in [1.82, 2.24) is 15.1 Å². The highest BCUT2D eigenvalue weighted by molar-refractivity contribution is 5.30. The maximum Gasteiger partial charge on any atom is 0.132 e. The Hall–Kier alpha value is -1.81. The van der Waals surface area contributed by atoms with E-state index >= 15 is 0 Å². The number of nitrogens with one attached hydrogen (secondary N) is 1.